The van der Waals surface area contributed by atoms with Gasteiger partial charge in [0.2, 0.25) is 0 Å². The highest BCUT2D eigenvalue weighted by Crippen LogP contribution is 2.31. The van der Waals surface area contributed by atoms with E-state index in [1.54, 1.807) is 17.0 Å². The summed E-state index contributed by atoms with van der Waals surface area (Å²) in [5, 5.41) is 3.51. The summed E-state index contributed by atoms with van der Waals surface area (Å²) in [5.41, 5.74) is 1.88. The molecule has 0 bridgehead atoms. The SMILES string of the molecule is Cc1ccc2c(Nc3cc(F)ccc3F)c(C(=O)N3CCC(C)CC3)cnc2n1.Cl. The van der Waals surface area contributed by atoms with E-state index < -0.39 is 11.6 Å². The molecule has 1 saturated heterocycles. The van der Waals surface area contributed by atoms with Crippen molar-refractivity contribution < 1.29 is 13.6 Å². The van der Waals surface area contributed by atoms with Crippen LogP contribution in [0.25, 0.3) is 11.0 Å². The van der Waals surface area contributed by atoms with Gasteiger partial charge in [0.05, 0.1) is 16.9 Å². The molecular weight excluding hydrogens is 410 g/mol. The standard InChI is InChI=1S/C22H22F2N4O.ClH/c1-13-7-9-28(10-8-13)22(29)17-12-25-21-16(5-3-14(2)26-21)20(17)27-19-11-15(23)4-6-18(19)24;/h3-6,11-13H,7-10H2,1-2H3,(H,25,26,27);1H. The Balaban J connectivity index is 0.00000256. The van der Waals surface area contributed by atoms with E-state index in [9.17, 15) is 13.6 Å². The van der Waals surface area contributed by atoms with Gasteiger partial charge in [-0.3, -0.25) is 4.79 Å². The van der Waals surface area contributed by atoms with Crippen LogP contribution in [0, 0.1) is 24.5 Å². The Labute approximate surface area is 179 Å². The van der Waals surface area contributed by atoms with Crippen LogP contribution in [-0.2, 0) is 0 Å². The molecule has 1 N–H and O–H groups in total. The number of halogens is 3. The van der Waals surface area contributed by atoms with Crippen molar-refractivity contribution in [2.75, 3.05) is 18.4 Å². The maximum atomic E-state index is 14.3. The van der Waals surface area contributed by atoms with E-state index in [1.165, 1.54) is 6.20 Å². The highest BCUT2D eigenvalue weighted by Gasteiger charge is 2.25. The van der Waals surface area contributed by atoms with E-state index in [2.05, 4.69) is 22.2 Å². The summed E-state index contributed by atoms with van der Waals surface area (Å²) in [6.07, 6.45) is 3.35. The highest BCUT2D eigenvalue weighted by molar-refractivity contribution is 6.07. The molecule has 0 spiro atoms. The van der Waals surface area contributed by atoms with Gasteiger partial charge in [-0.1, -0.05) is 6.92 Å². The summed E-state index contributed by atoms with van der Waals surface area (Å²) in [4.78, 5) is 23.8. The Bertz CT molecular complexity index is 1080. The first kappa shape index (κ1) is 21.9. The van der Waals surface area contributed by atoms with Crippen molar-refractivity contribution in [1.82, 2.24) is 14.9 Å². The van der Waals surface area contributed by atoms with Gasteiger partial charge >= 0.3 is 0 Å². The molecule has 1 aliphatic heterocycles. The number of anilines is 2. The topological polar surface area (TPSA) is 58.1 Å². The second-order valence-electron chi connectivity index (χ2n) is 7.59. The van der Waals surface area contributed by atoms with Crippen molar-refractivity contribution in [3.8, 4) is 0 Å². The second kappa shape index (κ2) is 8.92. The predicted molar refractivity (Wildman–Crippen MR) is 115 cm³/mol. The number of nitrogens with zero attached hydrogens (tertiary/aromatic N) is 3. The number of benzene rings is 1. The van der Waals surface area contributed by atoms with Gasteiger partial charge in [0, 0.05) is 36.4 Å². The Hall–Kier alpha value is -2.80. The Morgan fingerprint density at radius 3 is 2.63 bits per heavy atom. The third kappa shape index (κ3) is 4.36. The average Bonchev–Trinajstić information content (AvgIpc) is 2.70. The van der Waals surface area contributed by atoms with Gasteiger partial charge in [-0.2, -0.15) is 0 Å². The van der Waals surface area contributed by atoms with Gasteiger partial charge in [-0.05, 0) is 49.9 Å². The molecule has 3 aromatic rings. The smallest absolute Gasteiger partial charge is 0.257 e. The van der Waals surface area contributed by atoms with E-state index in [4.69, 9.17) is 0 Å². The largest absolute Gasteiger partial charge is 0.352 e. The Kier molecular flexibility index (Phi) is 6.51. The number of pyridine rings is 2. The van der Waals surface area contributed by atoms with Gasteiger partial charge in [-0.15, -0.1) is 12.4 Å². The maximum Gasteiger partial charge on any atom is 0.257 e. The molecule has 0 unspecified atom stereocenters. The van der Waals surface area contributed by atoms with Crippen LogP contribution < -0.4 is 5.32 Å². The Morgan fingerprint density at radius 2 is 1.90 bits per heavy atom. The lowest BCUT2D eigenvalue weighted by atomic mass is 9.98. The number of carbonyl (C=O) groups is 1. The minimum atomic E-state index is -0.610. The van der Waals surface area contributed by atoms with Crippen LogP contribution in [0.3, 0.4) is 0 Å². The second-order valence-corrected chi connectivity index (χ2v) is 7.59. The zero-order valence-corrected chi connectivity index (χ0v) is 17.6. The van der Waals surface area contributed by atoms with Crippen molar-refractivity contribution >= 4 is 40.7 Å². The first-order valence-corrected chi connectivity index (χ1v) is 9.70. The molecule has 4 rings (SSSR count). The van der Waals surface area contributed by atoms with E-state index >= 15 is 0 Å². The molecule has 1 aromatic carbocycles. The van der Waals surface area contributed by atoms with Gasteiger partial charge in [-0.25, -0.2) is 18.7 Å². The monoisotopic (exact) mass is 432 g/mol. The fourth-order valence-corrected chi connectivity index (χ4v) is 3.58. The summed E-state index contributed by atoms with van der Waals surface area (Å²) in [5.74, 6) is -0.771. The molecule has 5 nitrogen and oxygen atoms in total. The van der Waals surface area contributed by atoms with Crippen LogP contribution >= 0.6 is 12.4 Å². The molecule has 30 heavy (non-hydrogen) atoms. The molecule has 1 amide bonds. The van der Waals surface area contributed by atoms with Crippen LogP contribution in [0.4, 0.5) is 20.2 Å². The highest BCUT2D eigenvalue weighted by atomic mass is 35.5. The summed E-state index contributed by atoms with van der Waals surface area (Å²) >= 11 is 0. The first-order chi connectivity index (χ1) is 13.9. The fourth-order valence-electron chi connectivity index (χ4n) is 3.58. The zero-order valence-electron chi connectivity index (χ0n) is 16.8. The van der Waals surface area contributed by atoms with Crippen LogP contribution in [0.5, 0.6) is 0 Å². The number of fused-ring (bicyclic) bond motifs is 1. The van der Waals surface area contributed by atoms with Crippen LogP contribution in [0.15, 0.2) is 36.5 Å². The lowest BCUT2D eigenvalue weighted by Gasteiger charge is -2.31. The zero-order chi connectivity index (χ0) is 20.5. The molecule has 1 aliphatic rings. The molecule has 0 aliphatic carbocycles. The normalized spacial score (nSPS) is 14.5. The van der Waals surface area contributed by atoms with Gasteiger partial charge in [0.25, 0.3) is 5.91 Å². The molecule has 158 valence electrons. The van der Waals surface area contributed by atoms with Crippen molar-refractivity contribution in [2.24, 2.45) is 5.92 Å². The molecule has 2 aromatic heterocycles. The number of nitrogens with one attached hydrogen (secondary N) is 1. The summed E-state index contributed by atoms with van der Waals surface area (Å²) < 4.78 is 28.0. The average molecular weight is 433 g/mol. The summed E-state index contributed by atoms with van der Waals surface area (Å²) in [7, 11) is 0. The van der Waals surface area contributed by atoms with Gasteiger partial charge in [0.15, 0.2) is 5.65 Å². The summed E-state index contributed by atoms with van der Waals surface area (Å²) in [6.45, 7) is 5.34. The van der Waals surface area contributed by atoms with Crippen LogP contribution in [-0.4, -0.2) is 33.9 Å². The number of aryl methyl sites for hydroxylation is 1. The van der Waals surface area contributed by atoms with Crippen LogP contribution in [0.1, 0.15) is 35.8 Å². The first-order valence-electron chi connectivity index (χ1n) is 9.70. The number of hydrogen-bond acceptors (Lipinski definition) is 4. The molecule has 8 heteroatoms. The van der Waals surface area contributed by atoms with Crippen molar-refractivity contribution in [2.45, 2.75) is 26.7 Å². The fraction of sp³-hybridized carbons (Fsp3) is 0.318. The minimum absolute atomic E-state index is 0. The third-order valence-electron chi connectivity index (χ3n) is 5.36. The van der Waals surface area contributed by atoms with Crippen molar-refractivity contribution in [3.05, 3.63) is 59.4 Å². The number of amides is 1. The number of piperidine rings is 1. The molecule has 0 atom stereocenters. The minimum Gasteiger partial charge on any atom is -0.352 e. The lowest BCUT2D eigenvalue weighted by Crippen LogP contribution is -2.38. The molecular formula is C22H23ClF2N4O. The third-order valence-corrected chi connectivity index (χ3v) is 5.36. The summed E-state index contributed by atoms with van der Waals surface area (Å²) in [6, 6.07) is 6.77. The van der Waals surface area contributed by atoms with Crippen molar-refractivity contribution in [3.63, 3.8) is 0 Å². The number of rotatable bonds is 3. The molecule has 0 radical (unpaired) electrons. The quantitative estimate of drug-likeness (QED) is 0.613. The van der Waals surface area contributed by atoms with E-state index in [0.717, 1.165) is 36.7 Å². The number of carbonyl (C=O) groups excluding carboxylic acids is 1. The number of hydrogen-bond donors (Lipinski definition) is 1. The number of likely N-dealkylation sites (tertiary alicyclic amines) is 1. The Morgan fingerprint density at radius 1 is 1.17 bits per heavy atom. The maximum absolute atomic E-state index is 14.3. The lowest BCUT2D eigenvalue weighted by molar-refractivity contribution is 0.0698. The van der Waals surface area contributed by atoms with Crippen molar-refractivity contribution in [1.29, 1.82) is 0 Å². The molecule has 0 saturated carbocycles. The van der Waals surface area contributed by atoms with E-state index in [1.807, 2.05) is 6.92 Å². The van der Waals surface area contributed by atoms with E-state index in [0.29, 0.717) is 41.3 Å². The van der Waals surface area contributed by atoms with E-state index in [-0.39, 0.29) is 24.0 Å². The number of aromatic nitrogens is 2. The predicted octanol–water partition coefficient (Wildman–Crippen LogP) is 5.25. The van der Waals surface area contributed by atoms with Gasteiger partial charge < -0.3 is 10.2 Å². The molecule has 1 fully saturated rings. The van der Waals surface area contributed by atoms with Crippen LogP contribution in [0.2, 0.25) is 0 Å². The molecule has 3 heterocycles. The van der Waals surface area contributed by atoms with Gasteiger partial charge in [0.1, 0.15) is 11.6 Å².